The number of rotatable bonds is 5. The van der Waals surface area contributed by atoms with Crippen LogP contribution >= 0.6 is 11.8 Å². The number of nitrogen functional groups attached to an aromatic ring is 1. The molecule has 1 amide bonds. The van der Waals surface area contributed by atoms with Crippen LogP contribution in [0.5, 0.6) is 0 Å². The van der Waals surface area contributed by atoms with Crippen LogP contribution in [0, 0.1) is 6.92 Å². The first-order valence-electron chi connectivity index (χ1n) is 5.42. The number of nitrogens with one attached hydrogen (secondary N) is 1. The van der Waals surface area contributed by atoms with E-state index in [0.717, 1.165) is 11.3 Å². The van der Waals surface area contributed by atoms with Crippen LogP contribution in [-0.4, -0.2) is 28.6 Å². The number of amides is 1. The van der Waals surface area contributed by atoms with E-state index in [1.165, 1.54) is 11.8 Å². The molecule has 17 heavy (non-hydrogen) atoms. The fraction of sp³-hybridized carbons (Fsp3) is 0.417. The molecule has 0 spiro atoms. The second kappa shape index (κ2) is 6.51. The fourth-order valence-electron chi connectivity index (χ4n) is 1.25. The van der Waals surface area contributed by atoms with Crippen LogP contribution < -0.4 is 11.1 Å². The van der Waals surface area contributed by atoms with Crippen LogP contribution in [0.3, 0.4) is 0 Å². The molecule has 0 heterocycles. The number of hydrogen-bond acceptors (Lipinski definition) is 4. The predicted octanol–water partition coefficient (Wildman–Crippen LogP) is 1.63. The van der Waals surface area contributed by atoms with Gasteiger partial charge in [0.25, 0.3) is 0 Å². The highest BCUT2D eigenvalue weighted by atomic mass is 32.2. The van der Waals surface area contributed by atoms with Crippen molar-refractivity contribution in [2.24, 2.45) is 0 Å². The van der Waals surface area contributed by atoms with Gasteiger partial charge in [0.1, 0.15) is 0 Å². The van der Waals surface area contributed by atoms with Crippen molar-refractivity contribution in [3.8, 4) is 0 Å². The van der Waals surface area contributed by atoms with Crippen LogP contribution in [0.2, 0.25) is 0 Å². The summed E-state index contributed by atoms with van der Waals surface area (Å²) in [6.07, 6.45) is 0. The molecule has 5 heteroatoms. The Morgan fingerprint density at radius 1 is 1.59 bits per heavy atom. The lowest BCUT2D eigenvalue weighted by molar-refractivity contribution is -0.113. The van der Waals surface area contributed by atoms with Crippen LogP contribution in [0.25, 0.3) is 0 Å². The van der Waals surface area contributed by atoms with E-state index in [-0.39, 0.29) is 17.8 Å². The van der Waals surface area contributed by atoms with E-state index in [9.17, 15) is 4.79 Å². The number of aliphatic hydroxyl groups is 1. The third kappa shape index (κ3) is 4.28. The van der Waals surface area contributed by atoms with Crippen molar-refractivity contribution < 1.29 is 9.90 Å². The molecule has 1 rings (SSSR count). The first-order valence-corrected chi connectivity index (χ1v) is 6.47. The summed E-state index contributed by atoms with van der Waals surface area (Å²) < 4.78 is 0. The monoisotopic (exact) mass is 254 g/mol. The van der Waals surface area contributed by atoms with E-state index >= 15 is 0 Å². The van der Waals surface area contributed by atoms with Gasteiger partial charge in [-0.2, -0.15) is 0 Å². The standard InChI is InChI=1S/C12H18N2O2S/c1-8(6-15)17-7-12(16)14-11-5-3-4-10(13)9(11)2/h3-5,8,15H,6-7,13H2,1-2H3,(H,14,16). The van der Waals surface area contributed by atoms with Crippen LogP contribution in [0.4, 0.5) is 11.4 Å². The molecule has 0 fully saturated rings. The first-order chi connectivity index (χ1) is 8.04. The van der Waals surface area contributed by atoms with Gasteiger partial charge in [0.15, 0.2) is 0 Å². The summed E-state index contributed by atoms with van der Waals surface area (Å²) in [6.45, 7) is 3.83. The van der Waals surface area contributed by atoms with Gasteiger partial charge in [-0.25, -0.2) is 0 Å². The Morgan fingerprint density at radius 3 is 2.94 bits per heavy atom. The molecule has 0 saturated carbocycles. The summed E-state index contributed by atoms with van der Waals surface area (Å²) in [5.74, 6) is 0.250. The minimum Gasteiger partial charge on any atom is -0.398 e. The Balaban J connectivity index is 2.54. The molecule has 0 aliphatic carbocycles. The van der Waals surface area contributed by atoms with E-state index in [4.69, 9.17) is 10.8 Å². The molecule has 1 aromatic carbocycles. The van der Waals surface area contributed by atoms with Gasteiger partial charge in [-0.1, -0.05) is 13.0 Å². The average molecular weight is 254 g/mol. The molecule has 0 radical (unpaired) electrons. The van der Waals surface area contributed by atoms with E-state index in [2.05, 4.69) is 5.32 Å². The Labute approximate surface area is 106 Å². The summed E-state index contributed by atoms with van der Waals surface area (Å²) in [5.41, 5.74) is 8.04. The van der Waals surface area contributed by atoms with Gasteiger partial charge >= 0.3 is 0 Å². The van der Waals surface area contributed by atoms with Crippen molar-refractivity contribution >= 4 is 29.0 Å². The topological polar surface area (TPSA) is 75.3 Å². The second-order valence-electron chi connectivity index (χ2n) is 3.87. The van der Waals surface area contributed by atoms with Crippen molar-refractivity contribution in [1.82, 2.24) is 0 Å². The highest BCUT2D eigenvalue weighted by Gasteiger charge is 2.08. The van der Waals surface area contributed by atoms with E-state index < -0.39 is 0 Å². The highest BCUT2D eigenvalue weighted by molar-refractivity contribution is 8.00. The van der Waals surface area contributed by atoms with E-state index in [0.29, 0.717) is 11.4 Å². The van der Waals surface area contributed by atoms with Gasteiger partial charge in [-0.15, -0.1) is 11.8 Å². The van der Waals surface area contributed by atoms with Crippen LogP contribution in [0.15, 0.2) is 18.2 Å². The lowest BCUT2D eigenvalue weighted by atomic mass is 10.1. The Morgan fingerprint density at radius 2 is 2.29 bits per heavy atom. The Kier molecular flexibility index (Phi) is 5.31. The zero-order valence-electron chi connectivity index (χ0n) is 10.1. The van der Waals surface area contributed by atoms with Crippen molar-refractivity contribution in [3.63, 3.8) is 0 Å². The zero-order valence-corrected chi connectivity index (χ0v) is 10.9. The molecule has 0 aliphatic rings. The first kappa shape index (κ1) is 13.9. The molecule has 0 bridgehead atoms. The molecular weight excluding hydrogens is 236 g/mol. The fourth-order valence-corrected chi connectivity index (χ4v) is 1.86. The molecule has 1 aromatic rings. The van der Waals surface area contributed by atoms with Gasteiger partial charge in [-0.3, -0.25) is 4.79 Å². The Hall–Kier alpha value is -1.20. The molecule has 4 N–H and O–H groups in total. The SMILES string of the molecule is Cc1c(N)cccc1NC(=O)CSC(C)CO. The van der Waals surface area contributed by atoms with Gasteiger partial charge in [0.05, 0.1) is 12.4 Å². The number of aliphatic hydroxyl groups excluding tert-OH is 1. The molecule has 0 aliphatic heterocycles. The molecule has 94 valence electrons. The highest BCUT2D eigenvalue weighted by Crippen LogP contribution is 2.20. The van der Waals surface area contributed by atoms with E-state index in [1.807, 2.05) is 19.9 Å². The molecule has 0 aromatic heterocycles. The van der Waals surface area contributed by atoms with Crippen molar-refractivity contribution in [2.45, 2.75) is 19.1 Å². The molecule has 1 unspecified atom stereocenters. The van der Waals surface area contributed by atoms with E-state index in [1.54, 1.807) is 12.1 Å². The number of nitrogens with two attached hydrogens (primary N) is 1. The quantitative estimate of drug-likeness (QED) is 0.698. The summed E-state index contributed by atoms with van der Waals surface area (Å²) in [4.78, 5) is 11.6. The maximum atomic E-state index is 11.6. The summed E-state index contributed by atoms with van der Waals surface area (Å²) in [6, 6.07) is 5.43. The van der Waals surface area contributed by atoms with Crippen LogP contribution in [0.1, 0.15) is 12.5 Å². The summed E-state index contributed by atoms with van der Waals surface area (Å²) >= 11 is 1.42. The predicted molar refractivity (Wildman–Crippen MR) is 73.2 cm³/mol. The minimum absolute atomic E-state index is 0.0719. The number of hydrogen-bond donors (Lipinski definition) is 3. The second-order valence-corrected chi connectivity index (χ2v) is 5.30. The van der Waals surface area contributed by atoms with Crippen LogP contribution in [-0.2, 0) is 4.79 Å². The normalized spacial score (nSPS) is 12.2. The summed E-state index contributed by atoms with van der Waals surface area (Å²) in [5, 5.41) is 11.7. The molecular formula is C12H18N2O2S. The number of thioether (sulfide) groups is 1. The van der Waals surface area contributed by atoms with Gasteiger partial charge < -0.3 is 16.2 Å². The number of anilines is 2. The van der Waals surface area contributed by atoms with Crippen molar-refractivity contribution in [1.29, 1.82) is 0 Å². The zero-order chi connectivity index (χ0) is 12.8. The lowest BCUT2D eigenvalue weighted by Crippen LogP contribution is -2.17. The average Bonchev–Trinajstić information content (AvgIpc) is 2.32. The summed E-state index contributed by atoms with van der Waals surface area (Å²) in [7, 11) is 0. The maximum absolute atomic E-state index is 11.6. The maximum Gasteiger partial charge on any atom is 0.234 e. The Bertz CT molecular complexity index is 396. The molecule has 0 saturated heterocycles. The van der Waals surface area contributed by atoms with Crippen molar-refractivity contribution in [3.05, 3.63) is 23.8 Å². The minimum atomic E-state index is -0.0796. The number of benzene rings is 1. The number of carbonyl (C=O) groups excluding carboxylic acids is 1. The third-order valence-corrected chi connectivity index (χ3v) is 3.55. The lowest BCUT2D eigenvalue weighted by Gasteiger charge is -2.11. The van der Waals surface area contributed by atoms with Gasteiger partial charge in [0, 0.05) is 16.6 Å². The third-order valence-electron chi connectivity index (χ3n) is 2.41. The smallest absolute Gasteiger partial charge is 0.234 e. The number of carbonyl (C=O) groups is 1. The molecule has 1 atom stereocenters. The van der Waals surface area contributed by atoms with Crippen molar-refractivity contribution in [2.75, 3.05) is 23.4 Å². The largest absolute Gasteiger partial charge is 0.398 e. The van der Waals surface area contributed by atoms with Gasteiger partial charge in [-0.05, 0) is 24.6 Å². The van der Waals surface area contributed by atoms with Gasteiger partial charge in [0.2, 0.25) is 5.91 Å². The molecule has 4 nitrogen and oxygen atoms in total.